The van der Waals surface area contributed by atoms with Gasteiger partial charge in [0.2, 0.25) is 0 Å². The molecule has 7 heteroatoms. The van der Waals surface area contributed by atoms with Crippen molar-refractivity contribution in [2.75, 3.05) is 0 Å². The summed E-state index contributed by atoms with van der Waals surface area (Å²) < 4.78 is 39.3. The monoisotopic (exact) mass is 352 g/mol. The van der Waals surface area contributed by atoms with Crippen LogP contribution in [-0.4, -0.2) is 10.1 Å². The summed E-state index contributed by atoms with van der Waals surface area (Å²) in [6.45, 7) is 5.79. The number of thiazole rings is 1. The second kappa shape index (κ2) is 6.29. The highest BCUT2D eigenvalue weighted by Crippen LogP contribution is 2.37. The van der Waals surface area contributed by atoms with E-state index in [-0.39, 0.29) is 16.0 Å². The van der Waals surface area contributed by atoms with E-state index in [0.29, 0.717) is 5.69 Å². The SMILES string of the molecule is CC(C)(C)c1csc(/C(C#N)=C(\O)c2ccccc2C(F)(F)F)n1. The fourth-order valence-corrected chi connectivity index (χ4v) is 3.05. The molecule has 2 rings (SSSR count). The van der Waals surface area contributed by atoms with Crippen molar-refractivity contribution < 1.29 is 18.3 Å². The number of halogens is 3. The highest BCUT2D eigenvalue weighted by atomic mass is 32.1. The zero-order valence-electron chi connectivity index (χ0n) is 13.3. The third kappa shape index (κ3) is 3.60. The Morgan fingerprint density at radius 2 is 1.83 bits per heavy atom. The minimum absolute atomic E-state index is 0.192. The summed E-state index contributed by atoms with van der Waals surface area (Å²) in [6.07, 6.45) is -4.63. The van der Waals surface area contributed by atoms with Gasteiger partial charge in [-0.1, -0.05) is 39.0 Å². The van der Waals surface area contributed by atoms with Crippen molar-refractivity contribution in [2.45, 2.75) is 32.4 Å². The Morgan fingerprint density at radius 1 is 1.21 bits per heavy atom. The molecule has 0 atom stereocenters. The zero-order valence-corrected chi connectivity index (χ0v) is 14.1. The number of aliphatic hydroxyl groups excluding tert-OH is 1. The topological polar surface area (TPSA) is 56.9 Å². The van der Waals surface area contributed by atoms with Crippen LogP contribution in [0.15, 0.2) is 29.6 Å². The van der Waals surface area contributed by atoms with Crippen molar-refractivity contribution in [2.24, 2.45) is 0 Å². The number of nitrogens with zero attached hydrogens (tertiary/aromatic N) is 2. The van der Waals surface area contributed by atoms with Crippen LogP contribution >= 0.6 is 11.3 Å². The van der Waals surface area contributed by atoms with E-state index in [9.17, 15) is 23.5 Å². The van der Waals surface area contributed by atoms with Gasteiger partial charge in [-0.3, -0.25) is 0 Å². The minimum Gasteiger partial charge on any atom is -0.506 e. The van der Waals surface area contributed by atoms with E-state index < -0.39 is 23.1 Å². The summed E-state index contributed by atoms with van der Waals surface area (Å²) in [5.41, 5.74) is -1.27. The average Bonchev–Trinajstić information content (AvgIpc) is 2.97. The predicted octanol–water partition coefficient (Wildman–Crippen LogP) is 5.41. The quantitative estimate of drug-likeness (QED) is 0.581. The number of aromatic nitrogens is 1. The summed E-state index contributed by atoms with van der Waals surface area (Å²) in [5, 5.41) is 21.6. The second-order valence-corrected chi connectivity index (χ2v) is 7.02. The van der Waals surface area contributed by atoms with Crippen LogP contribution in [0.1, 0.15) is 42.6 Å². The van der Waals surface area contributed by atoms with Gasteiger partial charge in [0.25, 0.3) is 0 Å². The molecule has 0 unspecified atom stereocenters. The first-order valence-corrected chi connectivity index (χ1v) is 7.90. The molecule has 2 aromatic rings. The molecule has 3 nitrogen and oxygen atoms in total. The molecule has 0 aliphatic carbocycles. The summed E-state index contributed by atoms with van der Waals surface area (Å²) in [4.78, 5) is 4.29. The Kier molecular flexibility index (Phi) is 4.72. The van der Waals surface area contributed by atoms with Crippen molar-refractivity contribution in [1.82, 2.24) is 4.98 Å². The first-order valence-electron chi connectivity index (χ1n) is 7.02. The largest absolute Gasteiger partial charge is 0.506 e. The first-order chi connectivity index (χ1) is 11.1. The molecular weight excluding hydrogens is 337 g/mol. The molecule has 1 aromatic carbocycles. The number of nitriles is 1. The lowest BCUT2D eigenvalue weighted by Gasteiger charge is -2.14. The first kappa shape index (κ1) is 18.0. The van der Waals surface area contributed by atoms with Gasteiger partial charge < -0.3 is 5.11 Å². The molecule has 0 aliphatic heterocycles. The van der Waals surface area contributed by atoms with Crippen LogP contribution in [0.4, 0.5) is 13.2 Å². The van der Waals surface area contributed by atoms with Gasteiger partial charge >= 0.3 is 6.18 Å². The molecule has 0 spiro atoms. The van der Waals surface area contributed by atoms with Gasteiger partial charge in [-0.25, -0.2) is 4.98 Å². The minimum atomic E-state index is -4.63. The molecule has 1 heterocycles. The van der Waals surface area contributed by atoms with E-state index >= 15 is 0 Å². The molecule has 0 bridgehead atoms. The predicted molar refractivity (Wildman–Crippen MR) is 87.3 cm³/mol. The summed E-state index contributed by atoms with van der Waals surface area (Å²) in [7, 11) is 0. The van der Waals surface area contributed by atoms with Crippen LogP contribution in [0, 0.1) is 11.3 Å². The molecule has 0 amide bonds. The molecule has 0 saturated carbocycles. The number of rotatable bonds is 2. The van der Waals surface area contributed by atoms with Crippen molar-refractivity contribution in [3.05, 3.63) is 51.5 Å². The number of aliphatic hydroxyl groups is 1. The van der Waals surface area contributed by atoms with Gasteiger partial charge in [0, 0.05) is 16.4 Å². The van der Waals surface area contributed by atoms with Gasteiger partial charge in [0.15, 0.2) is 0 Å². The Bertz CT molecular complexity index is 823. The Morgan fingerprint density at radius 3 is 2.33 bits per heavy atom. The molecule has 1 N–H and O–H groups in total. The van der Waals surface area contributed by atoms with E-state index in [1.54, 1.807) is 11.4 Å². The lowest BCUT2D eigenvalue weighted by Crippen LogP contribution is -2.11. The number of alkyl halides is 3. The van der Waals surface area contributed by atoms with Gasteiger partial charge in [-0.2, -0.15) is 18.4 Å². The molecule has 0 saturated heterocycles. The van der Waals surface area contributed by atoms with Crippen LogP contribution in [0.25, 0.3) is 11.3 Å². The zero-order chi connectivity index (χ0) is 18.1. The van der Waals surface area contributed by atoms with E-state index in [4.69, 9.17) is 0 Å². The number of allylic oxidation sites excluding steroid dienone is 1. The van der Waals surface area contributed by atoms with Gasteiger partial charge in [0.1, 0.15) is 22.4 Å². The highest BCUT2D eigenvalue weighted by Gasteiger charge is 2.34. The van der Waals surface area contributed by atoms with Crippen LogP contribution in [0.3, 0.4) is 0 Å². The molecule has 0 aliphatic rings. The number of benzene rings is 1. The Hall–Kier alpha value is -2.33. The Labute approximate surface area is 141 Å². The third-order valence-electron chi connectivity index (χ3n) is 3.32. The number of hydrogen-bond acceptors (Lipinski definition) is 4. The highest BCUT2D eigenvalue weighted by molar-refractivity contribution is 7.11. The lowest BCUT2D eigenvalue weighted by atomic mass is 9.93. The second-order valence-electron chi connectivity index (χ2n) is 6.17. The molecule has 0 radical (unpaired) electrons. The fraction of sp³-hybridized carbons (Fsp3) is 0.294. The maximum Gasteiger partial charge on any atom is 0.417 e. The van der Waals surface area contributed by atoms with Crippen LogP contribution < -0.4 is 0 Å². The molecule has 24 heavy (non-hydrogen) atoms. The van der Waals surface area contributed by atoms with E-state index in [1.807, 2.05) is 20.8 Å². The van der Waals surface area contributed by atoms with Gasteiger partial charge in [-0.15, -0.1) is 11.3 Å². The molecular formula is C17H15F3N2OS. The van der Waals surface area contributed by atoms with Crippen LogP contribution in [0.5, 0.6) is 0 Å². The van der Waals surface area contributed by atoms with E-state index in [0.717, 1.165) is 23.5 Å². The van der Waals surface area contributed by atoms with Gasteiger partial charge in [-0.05, 0) is 6.07 Å². The van der Waals surface area contributed by atoms with Crippen molar-refractivity contribution in [3.63, 3.8) is 0 Å². The summed E-state index contributed by atoms with van der Waals surface area (Å²) >= 11 is 1.11. The van der Waals surface area contributed by atoms with Gasteiger partial charge in [0.05, 0.1) is 11.3 Å². The van der Waals surface area contributed by atoms with Crippen molar-refractivity contribution >= 4 is 22.7 Å². The molecule has 126 valence electrons. The van der Waals surface area contributed by atoms with Crippen LogP contribution in [-0.2, 0) is 11.6 Å². The maximum atomic E-state index is 13.1. The summed E-state index contributed by atoms with van der Waals surface area (Å²) in [5.74, 6) is -0.722. The Balaban J connectivity index is 2.62. The third-order valence-corrected chi connectivity index (χ3v) is 4.18. The summed E-state index contributed by atoms with van der Waals surface area (Å²) in [6, 6.07) is 6.37. The smallest absolute Gasteiger partial charge is 0.417 e. The standard InChI is InChI=1S/C17H15F3N2OS/c1-16(2,3)13-9-24-15(22-13)11(8-21)14(23)10-6-4-5-7-12(10)17(18,19)20/h4-7,9,23H,1-3H3/b14-11-. The number of hydrogen-bond donors (Lipinski definition) is 1. The van der Waals surface area contributed by atoms with E-state index in [2.05, 4.69) is 4.98 Å². The normalized spacial score (nSPS) is 13.4. The average molecular weight is 352 g/mol. The van der Waals surface area contributed by atoms with Crippen molar-refractivity contribution in [1.29, 1.82) is 5.26 Å². The fourth-order valence-electron chi connectivity index (χ4n) is 2.01. The van der Waals surface area contributed by atoms with Crippen molar-refractivity contribution in [3.8, 4) is 6.07 Å². The molecule has 0 fully saturated rings. The lowest BCUT2D eigenvalue weighted by molar-refractivity contribution is -0.137. The maximum absolute atomic E-state index is 13.1. The van der Waals surface area contributed by atoms with E-state index in [1.165, 1.54) is 12.1 Å². The molecule has 1 aromatic heterocycles. The van der Waals surface area contributed by atoms with Crippen LogP contribution in [0.2, 0.25) is 0 Å².